The van der Waals surface area contributed by atoms with E-state index in [2.05, 4.69) is 0 Å². The molecule has 0 fully saturated rings. The van der Waals surface area contributed by atoms with Gasteiger partial charge in [-0.05, 0) is 0 Å². The Morgan fingerprint density at radius 2 is 0.571 bits per heavy atom. The van der Waals surface area contributed by atoms with Crippen LogP contribution in [0.1, 0.15) is 0 Å². The molecule has 0 saturated heterocycles. The Morgan fingerprint density at radius 1 is 0.571 bits per heavy atom. The summed E-state index contributed by atoms with van der Waals surface area (Å²) in [5.41, 5.74) is 0. The average Bonchev–Trinajstić information content (AvgIpc) is 1.54. The summed E-state index contributed by atoms with van der Waals surface area (Å²) >= 11 is 0. The minimum atomic E-state index is -1.75. The van der Waals surface area contributed by atoms with Gasteiger partial charge in [-0.3, -0.25) is 0 Å². The van der Waals surface area contributed by atoms with Crippen molar-refractivity contribution in [3.05, 3.63) is 46.0 Å². The van der Waals surface area contributed by atoms with Crippen molar-refractivity contribution in [3.8, 4) is 0 Å². The maximum atomic E-state index is 8.25. The molecule has 0 aromatic carbocycles. The summed E-state index contributed by atoms with van der Waals surface area (Å²) in [6.45, 7) is 0. The fourth-order valence-corrected chi connectivity index (χ4v) is 0. The Labute approximate surface area is 108 Å². The van der Waals surface area contributed by atoms with Gasteiger partial charge in [-0.2, -0.15) is 0 Å². The Kier molecular flexibility index (Phi) is 47.5. The molecule has 0 radical (unpaired) electrons. The molecule has 0 bridgehead atoms. The molecule has 0 N–H and O–H groups in total. The van der Waals surface area contributed by atoms with Crippen molar-refractivity contribution >= 4 is 46.9 Å². The van der Waals surface area contributed by atoms with Gasteiger partial charge in [0.2, 0.25) is 0 Å². The predicted octanol–water partition coefficient (Wildman–Crippen LogP) is -1.75. The van der Waals surface area contributed by atoms with E-state index in [1.807, 2.05) is 0 Å². The standard InChI is InChI=1S/Al.3NO3.Na.H/c;3*2-1(3)4;;/q+3;3*-1;;. The van der Waals surface area contributed by atoms with E-state index in [0.717, 1.165) is 0 Å². The fraction of sp³-hybridized carbons (Fsp3) is 0. The van der Waals surface area contributed by atoms with Crippen LogP contribution in [-0.4, -0.2) is 62.2 Å². The van der Waals surface area contributed by atoms with E-state index in [-0.39, 0.29) is 46.9 Å². The molecule has 0 aliphatic carbocycles. The maximum absolute atomic E-state index is 8.25. The van der Waals surface area contributed by atoms with Crippen LogP contribution in [0.5, 0.6) is 0 Å². The summed E-state index contributed by atoms with van der Waals surface area (Å²) in [7, 11) is 0. The fourth-order valence-electron chi connectivity index (χ4n) is 0. The van der Waals surface area contributed by atoms with Crippen molar-refractivity contribution in [1.82, 2.24) is 0 Å². The van der Waals surface area contributed by atoms with Crippen LogP contribution in [0.2, 0.25) is 0 Å². The van der Waals surface area contributed by atoms with Crippen molar-refractivity contribution in [2.24, 2.45) is 0 Å². The molecule has 74 valence electrons. The monoisotopic (exact) mass is 237 g/mol. The first kappa shape index (κ1) is 29.2. The van der Waals surface area contributed by atoms with E-state index in [1.165, 1.54) is 0 Å². The molecule has 0 atom stereocenters. The Bertz CT molecular complexity index is 118. The van der Waals surface area contributed by atoms with Crippen LogP contribution in [0.25, 0.3) is 0 Å². The van der Waals surface area contributed by atoms with Gasteiger partial charge in [0.1, 0.15) is 0 Å². The summed E-state index contributed by atoms with van der Waals surface area (Å²) in [6.07, 6.45) is 0. The molecular formula is HAlN3NaO9. The zero-order valence-electron chi connectivity index (χ0n) is 5.59. The Hall–Kier alpha value is -0.868. The van der Waals surface area contributed by atoms with E-state index >= 15 is 0 Å². The molecule has 0 heterocycles. The average molecular weight is 237 g/mol. The van der Waals surface area contributed by atoms with Gasteiger partial charge in [0.05, 0.1) is 15.3 Å². The van der Waals surface area contributed by atoms with Crippen molar-refractivity contribution in [2.45, 2.75) is 0 Å². The van der Waals surface area contributed by atoms with Gasteiger partial charge in [-0.15, -0.1) is 0 Å². The van der Waals surface area contributed by atoms with Crippen LogP contribution in [0.3, 0.4) is 0 Å². The molecule has 0 aromatic rings. The van der Waals surface area contributed by atoms with E-state index in [1.54, 1.807) is 0 Å². The molecular weight excluding hydrogens is 236 g/mol. The molecule has 12 nitrogen and oxygen atoms in total. The second-order valence-corrected chi connectivity index (χ2v) is 0.671. The summed E-state index contributed by atoms with van der Waals surface area (Å²) in [5, 5.41) is 44.2. The van der Waals surface area contributed by atoms with E-state index < -0.39 is 15.3 Å². The van der Waals surface area contributed by atoms with Gasteiger partial charge in [-0.1, -0.05) is 0 Å². The third kappa shape index (κ3) is 1520. The molecule has 14 heteroatoms. The van der Waals surface area contributed by atoms with Crippen LogP contribution in [0.4, 0.5) is 0 Å². The summed E-state index contributed by atoms with van der Waals surface area (Å²) in [5.74, 6) is 0. The number of hydrogen-bond acceptors (Lipinski definition) is 9. The minimum absolute atomic E-state index is 0. The molecule has 0 aliphatic heterocycles. The molecule has 14 heavy (non-hydrogen) atoms. The zero-order valence-corrected chi connectivity index (χ0v) is 6.75. The normalized spacial score (nSPS) is 5.14. The molecule has 0 aromatic heterocycles. The van der Waals surface area contributed by atoms with Crippen LogP contribution in [0, 0.1) is 46.0 Å². The van der Waals surface area contributed by atoms with Gasteiger partial charge >= 0.3 is 46.9 Å². The van der Waals surface area contributed by atoms with Gasteiger partial charge in [0, 0.05) is 0 Å². The number of rotatable bonds is 0. The third-order valence-electron chi connectivity index (χ3n) is 0. The van der Waals surface area contributed by atoms with Crippen LogP contribution < -0.4 is 0 Å². The predicted molar refractivity (Wildman–Crippen MR) is 44.0 cm³/mol. The van der Waals surface area contributed by atoms with E-state index in [0.29, 0.717) is 0 Å². The number of hydrogen-bond donors (Lipinski definition) is 0. The van der Waals surface area contributed by atoms with Crippen molar-refractivity contribution in [3.63, 3.8) is 0 Å². The molecule has 0 spiro atoms. The number of nitrogens with zero attached hydrogens (tertiary/aromatic N) is 3. The first-order chi connectivity index (χ1) is 5.20. The van der Waals surface area contributed by atoms with Crippen molar-refractivity contribution < 1.29 is 15.3 Å². The van der Waals surface area contributed by atoms with Gasteiger partial charge in [0.25, 0.3) is 0 Å². The molecule has 0 rings (SSSR count). The summed E-state index contributed by atoms with van der Waals surface area (Å²) in [4.78, 5) is 24.8. The van der Waals surface area contributed by atoms with Crippen molar-refractivity contribution in [1.29, 1.82) is 0 Å². The molecule has 0 saturated carbocycles. The van der Waals surface area contributed by atoms with Gasteiger partial charge in [0.15, 0.2) is 0 Å². The quantitative estimate of drug-likeness (QED) is 0.266. The first-order valence-corrected chi connectivity index (χ1v) is 1.64. The summed E-state index contributed by atoms with van der Waals surface area (Å²) < 4.78 is 0. The van der Waals surface area contributed by atoms with E-state index in [4.69, 9.17) is 46.0 Å². The SMILES string of the molecule is O=[N+]([O-])[O-].O=[N+]([O-])[O-].O=[N+]([O-])[O-].[Al+3].[NaH]. The zero-order chi connectivity index (χ0) is 10.7. The Balaban J connectivity index is -0.0000000270. The van der Waals surface area contributed by atoms with Gasteiger partial charge in [-0.25, -0.2) is 0 Å². The van der Waals surface area contributed by atoms with Crippen molar-refractivity contribution in [2.75, 3.05) is 0 Å². The topological polar surface area (TPSA) is 199 Å². The summed E-state index contributed by atoms with van der Waals surface area (Å²) in [6, 6.07) is 0. The second kappa shape index (κ2) is 22.7. The Morgan fingerprint density at radius 3 is 0.571 bits per heavy atom. The van der Waals surface area contributed by atoms with Crippen LogP contribution in [0.15, 0.2) is 0 Å². The van der Waals surface area contributed by atoms with Gasteiger partial charge < -0.3 is 46.0 Å². The van der Waals surface area contributed by atoms with E-state index in [9.17, 15) is 0 Å². The first-order valence-electron chi connectivity index (χ1n) is 1.64. The molecule has 0 aliphatic rings. The third-order valence-corrected chi connectivity index (χ3v) is 0. The van der Waals surface area contributed by atoms with Crippen LogP contribution >= 0.6 is 0 Å². The second-order valence-electron chi connectivity index (χ2n) is 0.671. The molecule has 0 amide bonds. The van der Waals surface area contributed by atoms with Crippen LogP contribution in [-0.2, 0) is 0 Å². The molecule has 0 unspecified atom stereocenters.